The molecule has 0 aliphatic heterocycles. The van der Waals surface area contributed by atoms with Crippen molar-refractivity contribution >= 4 is 29.5 Å². The number of amides is 3. The molecule has 1 rings (SSSR count). The molecule has 1 heterocycles. The number of nitrogens with one attached hydrogen (secondary N) is 2. The predicted molar refractivity (Wildman–Crippen MR) is 72.5 cm³/mol. The van der Waals surface area contributed by atoms with E-state index < -0.39 is 24.0 Å². The molecule has 0 spiro atoms. The molecule has 110 valence electrons. The number of aromatic nitrogens is 1. The van der Waals surface area contributed by atoms with Crippen molar-refractivity contribution in [2.45, 2.75) is 20.0 Å². The molecule has 8 heteroatoms. The second kappa shape index (κ2) is 6.95. The van der Waals surface area contributed by atoms with Gasteiger partial charge in [0.25, 0.3) is 5.91 Å². The summed E-state index contributed by atoms with van der Waals surface area (Å²) in [6.45, 7) is 3.47. The van der Waals surface area contributed by atoms with Gasteiger partial charge in [0.2, 0.25) is 0 Å². The lowest BCUT2D eigenvalue weighted by molar-refractivity contribution is -0.127. The summed E-state index contributed by atoms with van der Waals surface area (Å²) in [7, 11) is 1.63. The standard InChI is InChI=1S/C12H16ClN3O4/c1-4-14-12(19)15-10(17)7(2)20-11(18)9-5-8(13)6-16(9)3/h5-7H,4H2,1-3H3,(H2,14,15,17,19). The third-order valence-corrected chi connectivity index (χ3v) is 2.61. The maximum absolute atomic E-state index is 11.8. The van der Waals surface area contributed by atoms with Crippen molar-refractivity contribution in [1.82, 2.24) is 15.2 Å². The topological polar surface area (TPSA) is 89.4 Å². The average molecular weight is 302 g/mol. The molecule has 1 aromatic rings. The molecule has 0 radical (unpaired) electrons. The molecule has 1 atom stereocenters. The Morgan fingerprint density at radius 3 is 2.60 bits per heavy atom. The lowest BCUT2D eigenvalue weighted by Gasteiger charge is -2.13. The number of esters is 1. The Morgan fingerprint density at radius 2 is 2.10 bits per heavy atom. The Morgan fingerprint density at radius 1 is 1.45 bits per heavy atom. The Balaban J connectivity index is 2.59. The van der Waals surface area contributed by atoms with Crippen molar-refractivity contribution in [2.24, 2.45) is 7.05 Å². The molecule has 0 fully saturated rings. The van der Waals surface area contributed by atoms with Gasteiger partial charge in [0.15, 0.2) is 6.10 Å². The number of ether oxygens (including phenoxy) is 1. The minimum atomic E-state index is -1.10. The molecule has 0 saturated heterocycles. The molecule has 0 aliphatic carbocycles. The normalized spacial score (nSPS) is 11.6. The van der Waals surface area contributed by atoms with E-state index in [0.29, 0.717) is 11.6 Å². The highest BCUT2D eigenvalue weighted by Gasteiger charge is 2.22. The highest BCUT2D eigenvalue weighted by molar-refractivity contribution is 6.31. The van der Waals surface area contributed by atoms with Crippen LogP contribution in [0.25, 0.3) is 0 Å². The minimum absolute atomic E-state index is 0.215. The van der Waals surface area contributed by atoms with E-state index in [9.17, 15) is 14.4 Å². The van der Waals surface area contributed by atoms with Crippen LogP contribution in [0.15, 0.2) is 12.3 Å². The predicted octanol–water partition coefficient (Wildman–Crippen LogP) is 1.07. The third-order valence-electron chi connectivity index (χ3n) is 2.41. The summed E-state index contributed by atoms with van der Waals surface area (Å²) in [5, 5.41) is 4.84. The summed E-state index contributed by atoms with van der Waals surface area (Å²) in [6, 6.07) is 0.792. The zero-order valence-corrected chi connectivity index (χ0v) is 12.2. The molecular weight excluding hydrogens is 286 g/mol. The minimum Gasteiger partial charge on any atom is -0.448 e. The van der Waals surface area contributed by atoms with Crippen LogP contribution in [0, 0.1) is 0 Å². The monoisotopic (exact) mass is 301 g/mol. The molecule has 1 aromatic heterocycles. The SMILES string of the molecule is CCNC(=O)NC(=O)C(C)OC(=O)c1cc(Cl)cn1C. The second-order valence-corrected chi connectivity index (χ2v) is 4.49. The number of hydrogen-bond donors (Lipinski definition) is 2. The van der Waals surface area contributed by atoms with Crippen LogP contribution in [-0.4, -0.2) is 35.1 Å². The average Bonchev–Trinajstić information content (AvgIpc) is 2.68. The Bertz CT molecular complexity index is 527. The highest BCUT2D eigenvalue weighted by atomic mass is 35.5. The third kappa shape index (κ3) is 4.27. The largest absolute Gasteiger partial charge is 0.448 e. The molecule has 2 N–H and O–H groups in total. The van der Waals surface area contributed by atoms with Gasteiger partial charge in [-0.15, -0.1) is 0 Å². The van der Waals surface area contributed by atoms with Crippen molar-refractivity contribution < 1.29 is 19.1 Å². The number of imide groups is 1. The van der Waals surface area contributed by atoms with Crippen LogP contribution < -0.4 is 10.6 Å². The number of hydrogen-bond acceptors (Lipinski definition) is 4. The van der Waals surface area contributed by atoms with Gasteiger partial charge in [0, 0.05) is 19.8 Å². The first-order valence-electron chi connectivity index (χ1n) is 5.96. The first-order valence-corrected chi connectivity index (χ1v) is 6.34. The van der Waals surface area contributed by atoms with Crippen LogP contribution in [0.5, 0.6) is 0 Å². The van der Waals surface area contributed by atoms with Crippen molar-refractivity contribution in [3.8, 4) is 0 Å². The lowest BCUT2D eigenvalue weighted by atomic mass is 10.3. The fraction of sp³-hybridized carbons (Fsp3) is 0.417. The van der Waals surface area contributed by atoms with Crippen LogP contribution in [-0.2, 0) is 16.6 Å². The second-order valence-electron chi connectivity index (χ2n) is 4.05. The number of carbonyl (C=O) groups is 3. The molecule has 3 amide bonds. The smallest absolute Gasteiger partial charge is 0.355 e. The van der Waals surface area contributed by atoms with E-state index >= 15 is 0 Å². The number of halogens is 1. The van der Waals surface area contributed by atoms with E-state index in [-0.39, 0.29) is 5.69 Å². The van der Waals surface area contributed by atoms with E-state index in [1.54, 1.807) is 14.0 Å². The summed E-state index contributed by atoms with van der Waals surface area (Å²) in [5.74, 6) is -1.40. The summed E-state index contributed by atoms with van der Waals surface area (Å²) >= 11 is 5.75. The molecule has 7 nitrogen and oxygen atoms in total. The molecule has 0 aromatic carbocycles. The van der Waals surface area contributed by atoms with Crippen LogP contribution in [0.2, 0.25) is 5.02 Å². The fourth-order valence-corrected chi connectivity index (χ4v) is 1.67. The number of rotatable bonds is 4. The van der Waals surface area contributed by atoms with Gasteiger partial charge >= 0.3 is 12.0 Å². The maximum Gasteiger partial charge on any atom is 0.355 e. The Kier molecular flexibility index (Phi) is 5.57. The van der Waals surface area contributed by atoms with E-state index in [2.05, 4.69) is 10.6 Å². The van der Waals surface area contributed by atoms with Gasteiger partial charge in [-0.25, -0.2) is 9.59 Å². The van der Waals surface area contributed by atoms with Crippen molar-refractivity contribution in [3.63, 3.8) is 0 Å². The summed E-state index contributed by atoms with van der Waals surface area (Å²) < 4.78 is 6.45. The fourth-order valence-electron chi connectivity index (χ4n) is 1.42. The van der Waals surface area contributed by atoms with Crippen molar-refractivity contribution in [1.29, 1.82) is 0 Å². The summed E-state index contributed by atoms with van der Waals surface area (Å²) in [5.41, 5.74) is 0.215. The van der Waals surface area contributed by atoms with E-state index in [4.69, 9.17) is 16.3 Å². The van der Waals surface area contributed by atoms with E-state index in [1.165, 1.54) is 23.8 Å². The van der Waals surface area contributed by atoms with Crippen LogP contribution in [0.3, 0.4) is 0 Å². The van der Waals surface area contributed by atoms with Gasteiger partial charge in [0.05, 0.1) is 5.02 Å². The highest BCUT2D eigenvalue weighted by Crippen LogP contribution is 2.14. The number of urea groups is 1. The lowest BCUT2D eigenvalue weighted by Crippen LogP contribution is -2.44. The van der Waals surface area contributed by atoms with Crippen LogP contribution in [0.4, 0.5) is 4.79 Å². The van der Waals surface area contributed by atoms with Gasteiger partial charge in [-0.05, 0) is 19.9 Å². The zero-order valence-electron chi connectivity index (χ0n) is 11.4. The summed E-state index contributed by atoms with van der Waals surface area (Å²) in [4.78, 5) is 34.6. The maximum atomic E-state index is 11.8. The Hall–Kier alpha value is -2.02. The molecule has 20 heavy (non-hydrogen) atoms. The molecule has 0 bridgehead atoms. The van der Waals surface area contributed by atoms with E-state index in [0.717, 1.165) is 0 Å². The molecule has 0 saturated carbocycles. The van der Waals surface area contributed by atoms with Gasteiger partial charge in [-0.3, -0.25) is 10.1 Å². The van der Waals surface area contributed by atoms with Gasteiger partial charge in [-0.2, -0.15) is 0 Å². The van der Waals surface area contributed by atoms with Crippen LogP contribution in [0.1, 0.15) is 24.3 Å². The molecular formula is C12H16ClN3O4. The van der Waals surface area contributed by atoms with Gasteiger partial charge in [-0.1, -0.05) is 11.6 Å². The van der Waals surface area contributed by atoms with Gasteiger partial charge in [0.1, 0.15) is 5.69 Å². The number of aryl methyl sites for hydroxylation is 1. The first kappa shape index (κ1) is 16.0. The van der Waals surface area contributed by atoms with Crippen molar-refractivity contribution in [3.05, 3.63) is 23.0 Å². The summed E-state index contributed by atoms with van der Waals surface area (Å²) in [6.07, 6.45) is 0.441. The zero-order chi connectivity index (χ0) is 15.3. The molecule has 1 unspecified atom stereocenters. The first-order chi connectivity index (χ1) is 9.35. The van der Waals surface area contributed by atoms with Crippen LogP contribution >= 0.6 is 11.6 Å². The molecule has 0 aliphatic rings. The van der Waals surface area contributed by atoms with Gasteiger partial charge < -0.3 is 14.6 Å². The number of carbonyl (C=O) groups excluding carboxylic acids is 3. The Labute approximate surface area is 121 Å². The van der Waals surface area contributed by atoms with Crippen molar-refractivity contribution in [2.75, 3.05) is 6.54 Å². The van der Waals surface area contributed by atoms with E-state index in [1.807, 2.05) is 0 Å². The quantitative estimate of drug-likeness (QED) is 0.814. The number of nitrogens with zero attached hydrogens (tertiary/aromatic N) is 1.